The maximum Gasteiger partial charge on any atom is 0.126 e. The molecule has 1 spiro atoms. The van der Waals surface area contributed by atoms with Gasteiger partial charge in [0, 0.05) is 23.4 Å². The SMILES string of the molecule is OCc1c(Cl)cccc1OC1CCOC2(CCCCC2)C1. The van der Waals surface area contributed by atoms with Crippen LogP contribution in [0.2, 0.25) is 5.02 Å². The Morgan fingerprint density at radius 2 is 2.10 bits per heavy atom. The van der Waals surface area contributed by atoms with Crippen molar-refractivity contribution in [1.29, 1.82) is 0 Å². The molecule has 1 aromatic carbocycles. The van der Waals surface area contributed by atoms with Crippen LogP contribution >= 0.6 is 11.6 Å². The molecule has 0 radical (unpaired) electrons. The van der Waals surface area contributed by atoms with Crippen molar-refractivity contribution in [2.75, 3.05) is 6.61 Å². The van der Waals surface area contributed by atoms with E-state index in [0.717, 1.165) is 32.3 Å². The van der Waals surface area contributed by atoms with Crippen LogP contribution in [0.5, 0.6) is 5.75 Å². The second-order valence-corrected chi connectivity index (χ2v) is 6.61. The van der Waals surface area contributed by atoms with E-state index >= 15 is 0 Å². The maximum atomic E-state index is 9.48. The molecule has 2 fully saturated rings. The third-order valence-electron chi connectivity index (χ3n) is 4.74. The third-order valence-corrected chi connectivity index (χ3v) is 5.09. The molecule has 1 saturated heterocycles. The van der Waals surface area contributed by atoms with E-state index in [1.807, 2.05) is 12.1 Å². The summed E-state index contributed by atoms with van der Waals surface area (Å²) in [5, 5.41) is 10.0. The highest BCUT2D eigenvalue weighted by molar-refractivity contribution is 6.31. The predicted molar refractivity (Wildman–Crippen MR) is 82.8 cm³/mol. The zero-order chi connectivity index (χ0) is 14.7. The highest BCUT2D eigenvalue weighted by Gasteiger charge is 2.39. The van der Waals surface area contributed by atoms with Crippen molar-refractivity contribution in [2.24, 2.45) is 0 Å². The number of hydrogen-bond acceptors (Lipinski definition) is 3. The van der Waals surface area contributed by atoms with Crippen molar-refractivity contribution >= 4 is 11.6 Å². The minimum absolute atomic E-state index is 0.0269. The van der Waals surface area contributed by atoms with Crippen molar-refractivity contribution in [3.63, 3.8) is 0 Å². The summed E-state index contributed by atoms with van der Waals surface area (Å²) < 4.78 is 12.3. The lowest BCUT2D eigenvalue weighted by Gasteiger charge is -2.43. The lowest BCUT2D eigenvalue weighted by molar-refractivity contribution is -0.129. The molecule has 3 rings (SSSR count). The number of rotatable bonds is 3. The second kappa shape index (κ2) is 6.55. The van der Waals surface area contributed by atoms with Crippen LogP contribution in [0.4, 0.5) is 0 Å². The zero-order valence-electron chi connectivity index (χ0n) is 12.3. The monoisotopic (exact) mass is 310 g/mol. The topological polar surface area (TPSA) is 38.7 Å². The molecule has 0 amide bonds. The van der Waals surface area contributed by atoms with Gasteiger partial charge in [-0.05, 0) is 25.0 Å². The van der Waals surface area contributed by atoms with Crippen LogP contribution in [0.25, 0.3) is 0 Å². The van der Waals surface area contributed by atoms with Crippen LogP contribution in [-0.4, -0.2) is 23.4 Å². The Kier molecular flexibility index (Phi) is 4.72. The molecule has 1 heterocycles. The highest BCUT2D eigenvalue weighted by Crippen LogP contribution is 2.40. The van der Waals surface area contributed by atoms with Gasteiger partial charge >= 0.3 is 0 Å². The van der Waals surface area contributed by atoms with Crippen molar-refractivity contribution in [1.82, 2.24) is 0 Å². The van der Waals surface area contributed by atoms with E-state index in [0.29, 0.717) is 16.3 Å². The van der Waals surface area contributed by atoms with Gasteiger partial charge in [-0.25, -0.2) is 0 Å². The first-order chi connectivity index (χ1) is 10.2. The Hall–Kier alpha value is -0.770. The maximum absolute atomic E-state index is 9.48. The van der Waals surface area contributed by atoms with Gasteiger partial charge in [0.2, 0.25) is 0 Å². The zero-order valence-corrected chi connectivity index (χ0v) is 13.1. The Bertz CT molecular complexity index is 477. The average molecular weight is 311 g/mol. The van der Waals surface area contributed by atoms with E-state index in [1.54, 1.807) is 6.07 Å². The first-order valence-electron chi connectivity index (χ1n) is 7.91. The summed E-state index contributed by atoms with van der Waals surface area (Å²) >= 11 is 6.12. The molecule has 116 valence electrons. The highest BCUT2D eigenvalue weighted by atomic mass is 35.5. The van der Waals surface area contributed by atoms with Gasteiger partial charge in [-0.15, -0.1) is 0 Å². The summed E-state index contributed by atoms with van der Waals surface area (Å²) in [6.07, 6.45) is 8.13. The predicted octanol–water partition coefficient (Wildman–Crippen LogP) is 4.09. The molecule has 0 bridgehead atoms. The number of ether oxygens (including phenoxy) is 2. The van der Waals surface area contributed by atoms with E-state index in [2.05, 4.69) is 0 Å². The van der Waals surface area contributed by atoms with E-state index in [-0.39, 0.29) is 18.3 Å². The summed E-state index contributed by atoms with van der Waals surface area (Å²) in [4.78, 5) is 0. The number of hydrogen-bond donors (Lipinski definition) is 1. The molecule has 1 saturated carbocycles. The van der Waals surface area contributed by atoms with Crippen LogP contribution in [0.15, 0.2) is 18.2 Å². The fourth-order valence-electron chi connectivity index (χ4n) is 3.61. The molecule has 2 aliphatic rings. The minimum Gasteiger partial charge on any atom is -0.490 e. The fourth-order valence-corrected chi connectivity index (χ4v) is 3.84. The fraction of sp³-hybridized carbons (Fsp3) is 0.647. The summed E-state index contributed by atoms with van der Waals surface area (Å²) in [6.45, 7) is 0.670. The Labute approximate surface area is 131 Å². The molecule has 1 aromatic rings. The van der Waals surface area contributed by atoms with Gasteiger partial charge in [-0.1, -0.05) is 36.9 Å². The number of halogens is 1. The number of benzene rings is 1. The van der Waals surface area contributed by atoms with Crippen molar-refractivity contribution in [3.05, 3.63) is 28.8 Å². The average Bonchev–Trinajstić information content (AvgIpc) is 2.48. The minimum atomic E-state index is -0.0939. The van der Waals surface area contributed by atoms with E-state index in [9.17, 15) is 5.11 Å². The van der Waals surface area contributed by atoms with Gasteiger partial charge in [0.25, 0.3) is 0 Å². The molecular formula is C17H23ClO3. The van der Waals surface area contributed by atoms with Gasteiger partial charge in [-0.2, -0.15) is 0 Å². The van der Waals surface area contributed by atoms with Gasteiger partial charge in [0.05, 0.1) is 18.8 Å². The molecule has 0 aromatic heterocycles. The summed E-state index contributed by atoms with van der Waals surface area (Å²) in [5.41, 5.74) is 0.711. The second-order valence-electron chi connectivity index (χ2n) is 6.20. The van der Waals surface area contributed by atoms with E-state index < -0.39 is 0 Å². The van der Waals surface area contributed by atoms with Crippen LogP contribution in [0.1, 0.15) is 50.5 Å². The van der Waals surface area contributed by atoms with Gasteiger partial charge in [0.1, 0.15) is 11.9 Å². The Morgan fingerprint density at radius 1 is 1.29 bits per heavy atom. The lowest BCUT2D eigenvalue weighted by atomic mass is 9.79. The smallest absolute Gasteiger partial charge is 0.126 e. The van der Waals surface area contributed by atoms with E-state index in [1.165, 1.54) is 19.3 Å². The van der Waals surface area contributed by atoms with E-state index in [4.69, 9.17) is 21.1 Å². The molecule has 1 N–H and O–H groups in total. The molecule has 1 unspecified atom stereocenters. The Morgan fingerprint density at radius 3 is 2.86 bits per heavy atom. The standard InChI is InChI=1S/C17H23ClO3/c18-15-5-4-6-16(14(15)12-19)21-13-7-10-20-17(11-13)8-2-1-3-9-17/h4-6,13,19H,1-3,7-12H2. The van der Waals surface area contributed by atoms with Crippen LogP contribution in [0, 0.1) is 0 Å². The number of aliphatic hydroxyl groups is 1. The first kappa shape index (κ1) is 15.1. The molecule has 21 heavy (non-hydrogen) atoms. The molecule has 1 atom stereocenters. The van der Waals surface area contributed by atoms with Crippen LogP contribution in [0.3, 0.4) is 0 Å². The summed E-state index contributed by atoms with van der Waals surface area (Å²) in [6, 6.07) is 5.54. The third kappa shape index (κ3) is 3.36. The van der Waals surface area contributed by atoms with Crippen LogP contribution < -0.4 is 4.74 Å². The molecule has 1 aliphatic carbocycles. The molecule has 4 heteroatoms. The normalized spacial score (nSPS) is 25.0. The van der Waals surface area contributed by atoms with Gasteiger partial charge in [-0.3, -0.25) is 0 Å². The lowest BCUT2D eigenvalue weighted by Crippen LogP contribution is -2.45. The molecule has 1 aliphatic heterocycles. The van der Waals surface area contributed by atoms with Crippen LogP contribution in [-0.2, 0) is 11.3 Å². The first-order valence-corrected chi connectivity index (χ1v) is 8.29. The summed E-state index contributed by atoms with van der Waals surface area (Å²) in [5.74, 6) is 0.711. The Balaban J connectivity index is 1.71. The molecular weight excluding hydrogens is 288 g/mol. The van der Waals surface area contributed by atoms with Crippen molar-refractivity contribution < 1.29 is 14.6 Å². The number of aliphatic hydroxyl groups excluding tert-OH is 1. The largest absolute Gasteiger partial charge is 0.490 e. The van der Waals surface area contributed by atoms with Crippen molar-refractivity contribution in [3.8, 4) is 5.75 Å². The van der Waals surface area contributed by atoms with Gasteiger partial charge < -0.3 is 14.6 Å². The summed E-state index contributed by atoms with van der Waals surface area (Å²) in [7, 11) is 0. The molecule has 3 nitrogen and oxygen atoms in total. The van der Waals surface area contributed by atoms with Gasteiger partial charge in [0.15, 0.2) is 0 Å². The van der Waals surface area contributed by atoms with Crippen molar-refractivity contribution in [2.45, 2.75) is 63.3 Å². The quantitative estimate of drug-likeness (QED) is 0.913.